The summed E-state index contributed by atoms with van der Waals surface area (Å²) in [6.45, 7) is 1.77. The molecule has 0 fully saturated rings. The summed E-state index contributed by atoms with van der Waals surface area (Å²) < 4.78 is 5.09. The Morgan fingerprint density at radius 2 is 2.20 bits per heavy atom. The van der Waals surface area contributed by atoms with Crippen molar-refractivity contribution in [3.05, 3.63) is 52.4 Å². The maximum Gasteiger partial charge on any atom is 0.291 e. The summed E-state index contributed by atoms with van der Waals surface area (Å²) >= 11 is 6.04. The molecule has 1 aromatic carbocycles. The van der Waals surface area contributed by atoms with Crippen LogP contribution in [0.2, 0.25) is 5.02 Å². The molecular formula is C13H12ClN3O3. The van der Waals surface area contributed by atoms with E-state index >= 15 is 0 Å². The first-order valence-electron chi connectivity index (χ1n) is 5.66. The van der Waals surface area contributed by atoms with E-state index < -0.39 is 5.91 Å². The fraction of sp³-hybridized carbons (Fsp3) is 0.0769. The lowest BCUT2D eigenvalue weighted by atomic mass is 10.2. The van der Waals surface area contributed by atoms with Gasteiger partial charge in [-0.05, 0) is 31.2 Å². The number of carbonyl (C=O) groups excluding carboxylic acids is 1. The van der Waals surface area contributed by atoms with Crippen molar-refractivity contribution < 1.29 is 14.4 Å². The molecule has 104 valence electrons. The standard InChI is InChI=1S/C13H12ClN3O3/c1-7-4-5-20-11(7)13(18)16-10-3-2-8(6-9(10)14)12(15)17-19/h2-6,19H,1H3,(H2,15,17)(H,16,18). The van der Waals surface area contributed by atoms with E-state index in [2.05, 4.69) is 10.5 Å². The molecule has 1 aromatic heterocycles. The predicted octanol–water partition coefficient (Wildman–Crippen LogP) is 2.59. The van der Waals surface area contributed by atoms with Crippen LogP contribution >= 0.6 is 11.6 Å². The maximum atomic E-state index is 12.0. The highest BCUT2D eigenvalue weighted by atomic mass is 35.5. The zero-order chi connectivity index (χ0) is 14.7. The molecule has 0 bridgehead atoms. The Kier molecular flexibility index (Phi) is 3.95. The second kappa shape index (κ2) is 5.66. The van der Waals surface area contributed by atoms with Gasteiger partial charge in [-0.2, -0.15) is 0 Å². The highest BCUT2D eigenvalue weighted by Gasteiger charge is 2.14. The number of benzene rings is 1. The summed E-state index contributed by atoms with van der Waals surface area (Å²) in [6, 6.07) is 6.32. The number of furan rings is 1. The van der Waals surface area contributed by atoms with Crippen molar-refractivity contribution in [1.82, 2.24) is 0 Å². The summed E-state index contributed by atoms with van der Waals surface area (Å²) in [5.41, 5.74) is 7.03. The molecule has 6 nitrogen and oxygen atoms in total. The Labute approximate surface area is 119 Å². The van der Waals surface area contributed by atoms with Gasteiger partial charge in [0, 0.05) is 11.1 Å². The van der Waals surface area contributed by atoms with Crippen LogP contribution in [0.15, 0.2) is 40.1 Å². The van der Waals surface area contributed by atoms with Crippen molar-refractivity contribution in [3.8, 4) is 0 Å². The molecule has 0 saturated heterocycles. The smallest absolute Gasteiger partial charge is 0.291 e. The Morgan fingerprint density at radius 3 is 2.75 bits per heavy atom. The molecule has 2 aromatic rings. The largest absolute Gasteiger partial charge is 0.459 e. The molecule has 1 amide bonds. The number of halogens is 1. The number of amides is 1. The highest BCUT2D eigenvalue weighted by Crippen LogP contribution is 2.24. The van der Waals surface area contributed by atoms with Crippen LogP contribution in [0.25, 0.3) is 0 Å². The molecule has 7 heteroatoms. The number of amidine groups is 1. The minimum Gasteiger partial charge on any atom is -0.459 e. The third-order valence-corrected chi connectivity index (χ3v) is 3.00. The number of carbonyl (C=O) groups is 1. The Bertz CT molecular complexity index is 679. The van der Waals surface area contributed by atoms with Gasteiger partial charge in [-0.1, -0.05) is 16.8 Å². The van der Waals surface area contributed by atoms with Crippen LogP contribution in [0.1, 0.15) is 21.7 Å². The number of anilines is 1. The molecule has 0 saturated carbocycles. The van der Waals surface area contributed by atoms with Gasteiger partial charge in [0.1, 0.15) is 0 Å². The molecule has 0 aliphatic heterocycles. The molecule has 0 spiro atoms. The maximum absolute atomic E-state index is 12.0. The topological polar surface area (TPSA) is 101 Å². The van der Waals surface area contributed by atoms with Gasteiger partial charge in [0.15, 0.2) is 11.6 Å². The molecule has 4 N–H and O–H groups in total. The molecular weight excluding hydrogens is 282 g/mol. The Hall–Kier alpha value is -2.47. The zero-order valence-electron chi connectivity index (χ0n) is 10.6. The second-order valence-electron chi connectivity index (χ2n) is 4.07. The number of hydrogen-bond acceptors (Lipinski definition) is 4. The van der Waals surface area contributed by atoms with Crippen LogP contribution in [0.4, 0.5) is 5.69 Å². The Balaban J connectivity index is 2.23. The SMILES string of the molecule is Cc1ccoc1C(=O)Nc1ccc(/C(N)=N/O)cc1Cl. The van der Waals surface area contributed by atoms with Crippen molar-refractivity contribution in [1.29, 1.82) is 0 Å². The van der Waals surface area contributed by atoms with E-state index in [1.165, 1.54) is 12.3 Å². The molecule has 0 atom stereocenters. The first-order valence-corrected chi connectivity index (χ1v) is 6.03. The van der Waals surface area contributed by atoms with Gasteiger partial charge >= 0.3 is 0 Å². The van der Waals surface area contributed by atoms with Gasteiger partial charge in [0.25, 0.3) is 5.91 Å². The third-order valence-electron chi connectivity index (χ3n) is 2.69. The first kappa shape index (κ1) is 14.0. The number of oxime groups is 1. The lowest BCUT2D eigenvalue weighted by Gasteiger charge is -2.08. The highest BCUT2D eigenvalue weighted by molar-refractivity contribution is 6.34. The van der Waals surface area contributed by atoms with E-state index in [9.17, 15) is 4.79 Å². The van der Waals surface area contributed by atoms with E-state index in [-0.39, 0.29) is 16.6 Å². The van der Waals surface area contributed by atoms with Crippen LogP contribution in [0, 0.1) is 6.92 Å². The molecule has 2 rings (SSSR count). The van der Waals surface area contributed by atoms with E-state index in [1.54, 1.807) is 25.1 Å². The van der Waals surface area contributed by atoms with Gasteiger partial charge in [-0.3, -0.25) is 4.79 Å². The van der Waals surface area contributed by atoms with E-state index in [4.69, 9.17) is 27.0 Å². The van der Waals surface area contributed by atoms with Crippen molar-refractivity contribution in [3.63, 3.8) is 0 Å². The number of aryl methyl sites for hydroxylation is 1. The van der Waals surface area contributed by atoms with Crippen molar-refractivity contribution in [2.24, 2.45) is 10.9 Å². The summed E-state index contributed by atoms with van der Waals surface area (Å²) in [5, 5.41) is 14.4. The summed E-state index contributed by atoms with van der Waals surface area (Å²) in [5.74, 6) is -0.237. The third kappa shape index (κ3) is 2.75. The van der Waals surface area contributed by atoms with Gasteiger partial charge < -0.3 is 20.7 Å². The average Bonchev–Trinajstić information content (AvgIpc) is 2.86. The predicted molar refractivity (Wildman–Crippen MR) is 75.4 cm³/mol. The minimum absolute atomic E-state index is 0.0633. The molecule has 0 aliphatic rings. The van der Waals surface area contributed by atoms with Crippen LogP contribution in [0.5, 0.6) is 0 Å². The average molecular weight is 294 g/mol. The summed E-state index contributed by atoms with van der Waals surface area (Å²) in [7, 11) is 0. The van der Waals surface area contributed by atoms with Crippen molar-refractivity contribution >= 4 is 29.0 Å². The zero-order valence-corrected chi connectivity index (χ0v) is 11.3. The van der Waals surface area contributed by atoms with E-state index in [0.717, 1.165) is 5.56 Å². The number of nitrogens with two attached hydrogens (primary N) is 1. The lowest BCUT2D eigenvalue weighted by molar-refractivity contribution is 0.0996. The molecule has 20 heavy (non-hydrogen) atoms. The second-order valence-corrected chi connectivity index (χ2v) is 4.47. The fourth-order valence-electron chi connectivity index (χ4n) is 1.62. The summed E-state index contributed by atoms with van der Waals surface area (Å²) in [6.07, 6.45) is 1.44. The summed E-state index contributed by atoms with van der Waals surface area (Å²) in [4.78, 5) is 12.0. The molecule has 0 unspecified atom stereocenters. The number of nitrogens with zero attached hydrogens (tertiary/aromatic N) is 1. The van der Waals surface area contributed by atoms with Crippen LogP contribution in [-0.2, 0) is 0 Å². The van der Waals surface area contributed by atoms with Gasteiger partial charge in [0.05, 0.1) is 17.0 Å². The molecule has 0 aliphatic carbocycles. The van der Waals surface area contributed by atoms with Crippen LogP contribution < -0.4 is 11.1 Å². The fourth-order valence-corrected chi connectivity index (χ4v) is 1.85. The number of nitrogens with one attached hydrogen (secondary N) is 1. The van der Waals surface area contributed by atoms with Gasteiger partial charge in [-0.15, -0.1) is 0 Å². The van der Waals surface area contributed by atoms with Crippen molar-refractivity contribution in [2.75, 3.05) is 5.32 Å². The van der Waals surface area contributed by atoms with Gasteiger partial charge in [-0.25, -0.2) is 0 Å². The monoisotopic (exact) mass is 293 g/mol. The minimum atomic E-state index is -0.397. The van der Waals surface area contributed by atoms with Gasteiger partial charge in [0.2, 0.25) is 0 Å². The normalized spacial score (nSPS) is 11.4. The lowest BCUT2D eigenvalue weighted by Crippen LogP contribution is -2.15. The van der Waals surface area contributed by atoms with E-state index in [0.29, 0.717) is 11.3 Å². The van der Waals surface area contributed by atoms with Crippen LogP contribution in [0.3, 0.4) is 0 Å². The van der Waals surface area contributed by atoms with Crippen LogP contribution in [-0.4, -0.2) is 17.0 Å². The molecule has 1 heterocycles. The molecule has 0 radical (unpaired) electrons. The van der Waals surface area contributed by atoms with Crippen molar-refractivity contribution in [2.45, 2.75) is 6.92 Å². The Morgan fingerprint density at radius 1 is 1.45 bits per heavy atom. The number of rotatable bonds is 3. The first-order chi connectivity index (χ1) is 9.52. The van der Waals surface area contributed by atoms with E-state index in [1.807, 2.05) is 0 Å². The quantitative estimate of drug-likeness (QED) is 0.350. The number of hydrogen-bond donors (Lipinski definition) is 3.